The average Bonchev–Trinajstić information content (AvgIpc) is 3.46. The Morgan fingerprint density at radius 1 is 1.16 bits per heavy atom. The third-order valence-corrected chi connectivity index (χ3v) is 6.47. The molecule has 0 unspecified atom stereocenters. The maximum absolute atomic E-state index is 14.8. The first-order chi connectivity index (χ1) is 17.6. The van der Waals surface area contributed by atoms with Gasteiger partial charge in [0.1, 0.15) is 5.82 Å². The van der Waals surface area contributed by atoms with E-state index in [-0.39, 0.29) is 24.4 Å². The number of nitrogens with zero attached hydrogens (tertiary/aromatic N) is 4. The van der Waals surface area contributed by atoms with Crippen LogP contribution in [-0.2, 0) is 4.74 Å². The third kappa shape index (κ3) is 5.24. The van der Waals surface area contributed by atoms with Crippen LogP contribution in [0.1, 0.15) is 12.0 Å². The molecule has 7 nitrogen and oxygen atoms in total. The normalized spacial score (nSPS) is 16.4. The molecule has 12 heteroatoms. The van der Waals surface area contributed by atoms with Crippen molar-refractivity contribution in [1.29, 1.82) is 0 Å². The third-order valence-electron chi connectivity index (χ3n) is 6.47. The molecule has 1 fully saturated rings. The van der Waals surface area contributed by atoms with Crippen LogP contribution in [0.25, 0.3) is 16.8 Å². The minimum atomic E-state index is -4.37. The van der Waals surface area contributed by atoms with Crippen molar-refractivity contribution in [2.24, 2.45) is 0 Å². The van der Waals surface area contributed by atoms with Gasteiger partial charge in [-0.3, -0.25) is 4.40 Å². The Morgan fingerprint density at radius 3 is 2.65 bits per heavy atom. The van der Waals surface area contributed by atoms with Crippen molar-refractivity contribution in [2.75, 3.05) is 49.6 Å². The van der Waals surface area contributed by atoms with E-state index < -0.39 is 30.4 Å². The first kappa shape index (κ1) is 25.0. The number of halogens is 5. The molecule has 5 rings (SSSR count). The van der Waals surface area contributed by atoms with Crippen LogP contribution in [0, 0.1) is 18.7 Å². The molecule has 196 valence electrons. The van der Waals surface area contributed by atoms with Crippen molar-refractivity contribution < 1.29 is 31.5 Å². The highest BCUT2D eigenvalue weighted by molar-refractivity contribution is 5.91. The zero-order chi connectivity index (χ0) is 26.3. The molecule has 0 radical (unpaired) electrons. The topological polar surface area (TPSA) is 62.1 Å². The summed E-state index contributed by atoms with van der Waals surface area (Å²) in [6.07, 6.45) is -1.43. The van der Waals surface area contributed by atoms with Crippen LogP contribution < -0.4 is 10.2 Å². The van der Waals surface area contributed by atoms with Crippen LogP contribution in [0.3, 0.4) is 0 Å². The predicted octanol–water partition coefficient (Wildman–Crippen LogP) is 5.15. The van der Waals surface area contributed by atoms with Gasteiger partial charge in [-0.2, -0.15) is 17.6 Å². The van der Waals surface area contributed by atoms with Crippen molar-refractivity contribution in [1.82, 2.24) is 14.3 Å². The van der Waals surface area contributed by atoms with Crippen molar-refractivity contribution in [2.45, 2.75) is 19.5 Å². The maximum Gasteiger partial charge on any atom is 0.392 e. The van der Waals surface area contributed by atoms with E-state index in [9.17, 15) is 26.7 Å². The number of imidazole rings is 1. The number of carbonyl (C=O) groups excluding carboxylic acids is 1. The number of aromatic nitrogens is 2. The second-order valence-electron chi connectivity index (χ2n) is 9.10. The molecule has 2 amide bonds. The summed E-state index contributed by atoms with van der Waals surface area (Å²) in [5.41, 5.74) is 2.77. The van der Waals surface area contributed by atoms with E-state index in [0.29, 0.717) is 54.3 Å². The summed E-state index contributed by atoms with van der Waals surface area (Å²) in [7, 11) is 0. The quantitative estimate of drug-likeness (QED) is 0.381. The largest absolute Gasteiger partial charge is 0.392 e. The summed E-state index contributed by atoms with van der Waals surface area (Å²) in [5.74, 6) is -1.25. The molecular weight excluding hydrogens is 497 g/mol. The zero-order valence-electron chi connectivity index (χ0n) is 19.9. The number of nitrogens with one attached hydrogen (secondary N) is 1. The van der Waals surface area contributed by atoms with Crippen molar-refractivity contribution in [3.8, 4) is 11.1 Å². The fraction of sp³-hybridized carbons (Fsp3) is 0.360. The van der Waals surface area contributed by atoms with E-state index in [1.807, 2.05) is 11.0 Å². The van der Waals surface area contributed by atoms with Gasteiger partial charge in [0.25, 0.3) is 0 Å². The minimum Gasteiger partial charge on any atom is -0.378 e. The molecule has 0 saturated carbocycles. The van der Waals surface area contributed by atoms with E-state index in [0.717, 1.165) is 6.20 Å². The Morgan fingerprint density at radius 2 is 1.92 bits per heavy atom. The number of morpholine rings is 1. The molecular formula is C25H24F5N5O2. The Labute approximate surface area is 209 Å². The second kappa shape index (κ2) is 9.66. The van der Waals surface area contributed by atoms with Gasteiger partial charge in [-0.25, -0.2) is 14.2 Å². The van der Waals surface area contributed by atoms with E-state index in [4.69, 9.17) is 4.74 Å². The molecule has 0 aliphatic carbocycles. The lowest BCUT2D eigenvalue weighted by Crippen LogP contribution is -2.36. The minimum absolute atomic E-state index is 0.00291. The number of benzene rings is 1. The number of rotatable bonds is 4. The molecule has 0 spiro atoms. The van der Waals surface area contributed by atoms with Crippen molar-refractivity contribution in [3.63, 3.8) is 0 Å². The first-order valence-corrected chi connectivity index (χ1v) is 11.7. The maximum atomic E-state index is 14.8. The van der Waals surface area contributed by atoms with Gasteiger partial charge in [-0.15, -0.1) is 0 Å². The molecule has 1 aromatic carbocycles. The summed E-state index contributed by atoms with van der Waals surface area (Å²) in [6.45, 7) is 3.72. The number of carbonyl (C=O) groups is 1. The lowest BCUT2D eigenvalue weighted by atomic mass is 10.00. The molecule has 2 aliphatic rings. The van der Waals surface area contributed by atoms with Crippen LogP contribution in [-0.4, -0.2) is 65.9 Å². The van der Waals surface area contributed by atoms with Crippen LogP contribution in [0.4, 0.5) is 38.1 Å². The molecule has 37 heavy (non-hydrogen) atoms. The number of hydrogen-bond donors (Lipinski definition) is 1. The molecule has 1 N–H and O–H groups in total. The van der Waals surface area contributed by atoms with Crippen molar-refractivity contribution in [3.05, 3.63) is 59.6 Å². The number of amides is 2. The van der Waals surface area contributed by atoms with E-state index in [2.05, 4.69) is 10.3 Å². The van der Waals surface area contributed by atoms with Crippen LogP contribution in [0.5, 0.6) is 0 Å². The lowest BCUT2D eigenvalue weighted by molar-refractivity contribution is -0.127. The van der Waals surface area contributed by atoms with E-state index in [1.165, 1.54) is 27.5 Å². The first-order valence-electron chi connectivity index (χ1n) is 11.7. The highest BCUT2D eigenvalue weighted by Gasteiger charge is 2.32. The number of hydrogen-bond acceptors (Lipinski definition) is 4. The molecule has 0 atom stereocenters. The molecule has 3 aromatic rings. The van der Waals surface area contributed by atoms with Crippen LogP contribution in [0.2, 0.25) is 0 Å². The Bertz CT molecular complexity index is 1380. The van der Waals surface area contributed by atoms with Gasteiger partial charge >= 0.3 is 12.2 Å². The monoisotopic (exact) mass is 521 g/mol. The summed E-state index contributed by atoms with van der Waals surface area (Å²) in [5, 5.41) is 2.47. The standard InChI is InChI=1S/C25H24F5N5O2/c1-15-8-19(26)20(32-24(36)34-3-2-16(13-34)11-25(28,29)30)10-18(15)17-9-21(33-4-6-37-7-5-33)23-31-12-22(27)35(23)14-17/h2,8-10,12,14H,3-7,11,13H2,1H3,(H,32,36). The van der Waals surface area contributed by atoms with Gasteiger partial charge in [0, 0.05) is 37.9 Å². The molecule has 4 heterocycles. The number of fused-ring (bicyclic) bond motifs is 1. The summed E-state index contributed by atoms with van der Waals surface area (Å²) in [4.78, 5) is 20.1. The number of alkyl halides is 3. The van der Waals surface area contributed by atoms with Gasteiger partial charge in [0.2, 0.25) is 5.95 Å². The van der Waals surface area contributed by atoms with E-state index >= 15 is 0 Å². The summed E-state index contributed by atoms with van der Waals surface area (Å²) in [6, 6.07) is 3.83. The van der Waals surface area contributed by atoms with Crippen LogP contribution >= 0.6 is 0 Å². The van der Waals surface area contributed by atoms with Gasteiger partial charge in [0.05, 0.1) is 37.2 Å². The number of pyridine rings is 1. The van der Waals surface area contributed by atoms with Gasteiger partial charge in [0.15, 0.2) is 5.65 Å². The number of ether oxygens (including phenoxy) is 1. The average molecular weight is 521 g/mol. The highest BCUT2D eigenvalue weighted by Crippen LogP contribution is 2.34. The fourth-order valence-electron chi connectivity index (χ4n) is 4.65. The zero-order valence-corrected chi connectivity index (χ0v) is 19.9. The molecule has 1 saturated heterocycles. The summed E-state index contributed by atoms with van der Waals surface area (Å²) < 4.78 is 74.2. The van der Waals surface area contributed by atoms with Gasteiger partial charge in [-0.1, -0.05) is 6.08 Å². The Balaban J connectivity index is 1.44. The predicted molar refractivity (Wildman–Crippen MR) is 128 cm³/mol. The highest BCUT2D eigenvalue weighted by atomic mass is 19.4. The molecule has 2 aliphatic heterocycles. The van der Waals surface area contributed by atoms with Gasteiger partial charge < -0.3 is 19.9 Å². The fourth-order valence-corrected chi connectivity index (χ4v) is 4.65. The number of urea groups is 1. The summed E-state index contributed by atoms with van der Waals surface area (Å²) >= 11 is 0. The van der Waals surface area contributed by atoms with E-state index in [1.54, 1.807) is 13.1 Å². The SMILES string of the molecule is Cc1cc(F)c(NC(=O)N2CC=C(CC(F)(F)F)C2)cc1-c1cc(N2CCOCC2)c2ncc(F)n2c1. The van der Waals surface area contributed by atoms with Gasteiger partial charge in [-0.05, 0) is 41.8 Å². The Hall–Kier alpha value is -3.67. The smallest absolute Gasteiger partial charge is 0.378 e. The lowest BCUT2D eigenvalue weighted by Gasteiger charge is -2.29. The second-order valence-corrected chi connectivity index (χ2v) is 9.10. The Kier molecular flexibility index (Phi) is 6.52. The number of aryl methyl sites for hydroxylation is 1. The number of anilines is 2. The van der Waals surface area contributed by atoms with Crippen LogP contribution in [0.15, 0.2) is 42.2 Å². The van der Waals surface area contributed by atoms with Crippen molar-refractivity contribution >= 4 is 23.1 Å². The molecule has 2 aromatic heterocycles. The molecule has 0 bridgehead atoms.